The lowest BCUT2D eigenvalue weighted by Gasteiger charge is -2.22. The van der Waals surface area contributed by atoms with E-state index in [0.29, 0.717) is 6.04 Å². The van der Waals surface area contributed by atoms with Gasteiger partial charge in [0.1, 0.15) is 11.6 Å². The number of aromatic nitrogens is 3. The topological polar surface area (TPSA) is 30.7 Å². The molecule has 3 heteroatoms. The molecule has 2 heterocycles. The first kappa shape index (κ1) is 11.5. The maximum Gasteiger partial charge on any atom is 0.137 e. The molecule has 3 nitrogen and oxygen atoms in total. The van der Waals surface area contributed by atoms with Crippen molar-refractivity contribution in [2.75, 3.05) is 0 Å². The van der Waals surface area contributed by atoms with Crippen LogP contribution >= 0.6 is 0 Å². The fourth-order valence-electron chi connectivity index (χ4n) is 2.85. The number of nitrogens with zero attached hydrogens (tertiary/aromatic N) is 3. The van der Waals surface area contributed by atoms with Gasteiger partial charge in [-0.1, -0.05) is 29.8 Å². The summed E-state index contributed by atoms with van der Waals surface area (Å²) in [5.41, 5.74) is 2.63. The number of hydrogen-bond acceptors (Lipinski definition) is 2. The Kier molecular flexibility index (Phi) is 2.90. The van der Waals surface area contributed by atoms with Gasteiger partial charge in [0.05, 0.1) is 0 Å². The Labute approximate surface area is 108 Å². The van der Waals surface area contributed by atoms with Gasteiger partial charge in [-0.2, -0.15) is 0 Å². The summed E-state index contributed by atoms with van der Waals surface area (Å²) in [6.45, 7) is 4.40. The van der Waals surface area contributed by atoms with Crippen molar-refractivity contribution in [2.45, 2.75) is 45.6 Å². The summed E-state index contributed by atoms with van der Waals surface area (Å²) in [6, 6.07) is 9.19. The molecule has 1 aliphatic heterocycles. The van der Waals surface area contributed by atoms with Crippen LogP contribution in [0.3, 0.4) is 0 Å². The van der Waals surface area contributed by atoms with Crippen LogP contribution in [0.15, 0.2) is 24.3 Å². The Balaban J connectivity index is 1.92. The van der Waals surface area contributed by atoms with E-state index in [9.17, 15) is 0 Å². The van der Waals surface area contributed by atoms with Gasteiger partial charge in [0.25, 0.3) is 0 Å². The summed E-state index contributed by atoms with van der Waals surface area (Å²) < 4.78 is 2.34. The predicted molar refractivity (Wildman–Crippen MR) is 71.7 cm³/mol. The van der Waals surface area contributed by atoms with E-state index in [0.717, 1.165) is 24.5 Å². The van der Waals surface area contributed by atoms with E-state index in [2.05, 4.69) is 52.9 Å². The molecule has 0 radical (unpaired) electrons. The van der Waals surface area contributed by atoms with Gasteiger partial charge in [-0.05, 0) is 32.3 Å². The van der Waals surface area contributed by atoms with Gasteiger partial charge in [-0.25, -0.2) is 0 Å². The van der Waals surface area contributed by atoms with E-state index >= 15 is 0 Å². The van der Waals surface area contributed by atoms with E-state index in [1.165, 1.54) is 24.0 Å². The molecule has 1 unspecified atom stereocenters. The van der Waals surface area contributed by atoms with Crippen molar-refractivity contribution in [3.05, 3.63) is 47.0 Å². The first-order valence-electron chi connectivity index (χ1n) is 6.72. The van der Waals surface area contributed by atoms with Gasteiger partial charge < -0.3 is 4.57 Å². The lowest BCUT2D eigenvalue weighted by molar-refractivity contribution is 0.416. The Morgan fingerprint density at radius 1 is 1.33 bits per heavy atom. The lowest BCUT2D eigenvalue weighted by atomic mass is 10.0. The zero-order chi connectivity index (χ0) is 12.5. The van der Waals surface area contributed by atoms with Gasteiger partial charge in [-0.3, -0.25) is 0 Å². The van der Waals surface area contributed by atoms with Crippen LogP contribution < -0.4 is 0 Å². The number of hydrogen-bond donors (Lipinski definition) is 0. The zero-order valence-corrected chi connectivity index (χ0v) is 11.1. The van der Waals surface area contributed by atoms with E-state index < -0.39 is 0 Å². The quantitative estimate of drug-likeness (QED) is 0.809. The maximum absolute atomic E-state index is 4.39. The van der Waals surface area contributed by atoms with Crippen LogP contribution in [0.25, 0.3) is 0 Å². The van der Waals surface area contributed by atoms with Crippen molar-refractivity contribution >= 4 is 0 Å². The molecule has 1 aromatic carbocycles. The molecule has 1 aliphatic rings. The normalized spacial score (nSPS) is 18.7. The van der Waals surface area contributed by atoms with Crippen LogP contribution in [0.4, 0.5) is 0 Å². The monoisotopic (exact) mass is 241 g/mol. The molecule has 18 heavy (non-hydrogen) atoms. The van der Waals surface area contributed by atoms with E-state index in [4.69, 9.17) is 0 Å². The van der Waals surface area contributed by atoms with Gasteiger partial charge in [0.2, 0.25) is 0 Å². The molecule has 0 saturated carbocycles. The molecule has 2 aromatic rings. The smallest absolute Gasteiger partial charge is 0.137 e. The predicted octanol–water partition coefficient (Wildman–Crippen LogP) is 3.07. The minimum absolute atomic E-state index is 0.545. The summed E-state index contributed by atoms with van der Waals surface area (Å²) in [4.78, 5) is 0. The summed E-state index contributed by atoms with van der Waals surface area (Å²) in [7, 11) is 0. The van der Waals surface area contributed by atoms with Crippen molar-refractivity contribution in [1.29, 1.82) is 0 Å². The van der Waals surface area contributed by atoms with E-state index in [1.54, 1.807) is 0 Å². The van der Waals surface area contributed by atoms with Crippen molar-refractivity contribution in [2.24, 2.45) is 0 Å². The fourth-order valence-corrected chi connectivity index (χ4v) is 2.85. The third-order valence-corrected chi connectivity index (χ3v) is 3.74. The van der Waals surface area contributed by atoms with Crippen molar-refractivity contribution in [1.82, 2.24) is 14.8 Å². The largest absolute Gasteiger partial charge is 0.312 e. The van der Waals surface area contributed by atoms with Gasteiger partial charge in [-0.15, -0.1) is 10.2 Å². The van der Waals surface area contributed by atoms with Crippen LogP contribution in [-0.4, -0.2) is 14.8 Å². The van der Waals surface area contributed by atoms with Crippen LogP contribution in [0.5, 0.6) is 0 Å². The van der Waals surface area contributed by atoms with Crippen LogP contribution in [0.2, 0.25) is 0 Å². The Morgan fingerprint density at radius 3 is 3.06 bits per heavy atom. The highest BCUT2D eigenvalue weighted by molar-refractivity contribution is 5.25. The van der Waals surface area contributed by atoms with Crippen LogP contribution in [0.1, 0.15) is 48.6 Å². The van der Waals surface area contributed by atoms with Crippen molar-refractivity contribution in [3.8, 4) is 0 Å². The van der Waals surface area contributed by atoms with E-state index in [-0.39, 0.29) is 0 Å². The van der Waals surface area contributed by atoms with Gasteiger partial charge in [0, 0.05) is 18.9 Å². The maximum atomic E-state index is 4.39. The fraction of sp³-hybridized carbons (Fsp3) is 0.467. The molecular formula is C15H19N3. The molecule has 0 bridgehead atoms. The second kappa shape index (κ2) is 4.56. The number of rotatable bonds is 2. The number of aryl methyl sites for hydroxylation is 2. The first-order chi connectivity index (χ1) is 8.74. The molecule has 0 spiro atoms. The second-order valence-electron chi connectivity index (χ2n) is 5.31. The molecule has 3 rings (SSSR count). The standard InChI is InChI=1S/C15H19N3/c1-11-5-3-7-13(9-11)10-15-17-16-14-8-4-6-12(2)18(14)15/h3,5,7,9,12H,4,6,8,10H2,1-2H3. The van der Waals surface area contributed by atoms with Gasteiger partial charge >= 0.3 is 0 Å². The third-order valence-electron chi connectivity index (χ3n) is 3.74. The first-order valence-corrected chi connectivity index (χ1v) is 6.72. The van der Waals surface area contributed by atoms with Crippen molar-refractivity contribution in [3.63, 3.8) is 0 Å². The third kappa shape index (κ3) is 2.05. The SMILES string of the molecule is Cc1cccc(Cc2nnc3n2C(C)CCC3)c1. The molecule has 0 fully saturated rings. The molecule has 0 N–H and O–H groups in total. The summed E-state index contributed by atoms with van der Waals surface area (Å²) in [5, 5.41) is 8.72. The molecule has 0 aliphatic carbocycles. The number of fused-ring (bicyclic) bond motifs is 1. The van der Waals surface area contributed by atoms with E-state index in [1.807, 2.05) is 0 Å². The average molecular weight is 241 g/mol. The zero-order valence-electron chi connectivity index (χ0n) is 11.1. The minimum Gasteiger partial charge on any atom is -0.312 e. The summed E-state index contributed by atoms with van der Waals surface area (Å²) in [6.07, 6.45) is 4.44. The average Bonchev–Trinajstić information content (AvgIpc) is 2.74. The molecule has 1 atom stereocenters. The molecule has 0 amide bonds. The van der Waals surface area contributed by atoms with Crippen molar-refractivity contribution < 1.29 is 0 Å². The highest BCUT2D eigenvalue weighted by Gasteiger charge is 2.21. The van der Waals surface area contributed by atoms with Gasteiger partial charge in [0.15, 0.2) is 0 Å². The van der Waals surface area contributed by atoms with Crippen LogP contribution in [-0.2, 0) is 12.8 Å². The summed E-state index contributed by atoms with van der Waals surface area (Å²) in [5.74, 6) is 2.28. The Bertz CT molecular complexity index is 557. The highest BCUT2D eigenvalue weighted by atomic mass is 15.3. The highest BCUT2D eigenvalue weighted by Crippen LogP contribution is 2.25. The second-order valence-corrected chi connectivity index (χ2v) is 5.31. The minimum atomic E-state index is 0.545. The summed E-state index contributed by atoms with van der Waals surface area (Å²) >= 11 is 0. The Morgan fingerprint density at radius 2 is 2.22 bits per heavy atom. The van der Waals surface area contributed by atoms with Crippen LogP contribution in [0, 0.1) is 6.92 Å². The molecular weight excluding hydrogens is 222 g/mol. The molecule has 1 aromatic heterocycles. The lowest BCUT2D eigenvalue weighted by Crippen LogP contribution is -2.17. The number of benzene rings is 1. The molecule has 0 saturated heterocycles. The molecule has 94 valence electrons. The Hall–Kier alpha value is -1.64.